The minimum atomic E-state index is -0.803. The Morgan fingerprint density at radius 3 is 3.00 bits per heavy atom. The molecule has 0 unspecified atom stereocenters. The Balaban J connectivity index is 2.10. The van der Waals surface area contributed by atoms with Gasteiger partial charge in [-0.05, 0) is 11.6 Å². The molecule has 0 bridgehead atoms. The van der Waals surface area contributed by atoms with E-state index in [1.165, 1.54) is 10.9 Å². The third-order valence-corrected chi connectivity index (χ3v) is 3.35. The Bertz CT molecular complexity index is 618. The van der Waals surface area contributed by atoms with Crippen LogP contribution in [-0.4, -0.2) is 48.5 Å². The maximum Gasteiger partial charge on any atom is 0.207 e. The zero-order valence-corrected chi connectivity index (χ0v) is 10.5. The fourth-order valence-corrected chi connectivity index (χ4v) is 2.47. The van der Waals surface area contributed by atoms with Gasteiger partial charge in [0.2, 0.25) is 5.28 Å². The van der Waals surface area contributed by atoms with Crippen LogP contribution in [0.5, 0.6) is 0 Å². The van der Waals surface area contributed by atoms with Crippen molar-refractivity contribution in [1.29, 1.82) is 0 Å². The lowest BCUT2D eigenvalue weighted by atomic mass is 10.2. The maximum atomic E-state index is 10.00. The summed E-state index contributed by atoms with van der Waals surface area (Å²) in [6.45, 7) is -0.172. The summed E-state index contributed by atoms with van der Waals surface area (Å²) >= 11 is 6.05. The highest BCUT2D eigenvalue weighted by atomic mass is 35.5. The number of halogens is 1. The van der Waals surface area contributed by atoms with E-state index in [-0.39, 0.29) is 17.7 Å². The van der Waals surface area contributed by atoms with Gasteiger partial charge in [0.1, 0.15) is 12.4 Å². The Labute approximate surface area is 112 Å². The number of ether oxygens (including phenoxy) is 1. The highest BCUT2D eigenvalue weighted by Gasteiger charge is 2.37. The van der Waals surface area contributed by atoms with Crippen molar-refractivity contribution in [1.82, 2.24) is 19.5 Å². The van der Waals surface area contributed by atoms with E-state index in [2.05, 4.69) is 15.0 Å². The van der Waals surface area contributed by atoms with Crippen LogP contribution in [0.3, 0.4) is 0 Å². The molecule has 3 atom stereocenters. The summed E-state index contributed by atoms with van der Waals surface area (Å²) in [5, 5.41) is 19.2. The molecule has 1 fully saturated rings. The minimum Gasteiger partial charge on any atom is -0.394 e. The van der Waals surface area contributed by atoms with Crippen molar-refractivity contribution in [3.05, 3.63) is 11.6 Å². The van der Waals surface area contributed by atoms with Gasteiger partial charge < -0.3 is 20.7 Å². The lowest BCUT2D eigenvalue weighted by Crippen LogP contribution is -2.20. The first-order valence-electron chi connectivity index (χ1n) is 5.70. The molecule has 9 heteroatoms. The number of rotatable bonds is 2. The number of aliphatic hydroxyl groups excluding tert-OH is 2. The summed E-state index contributed by atoms with van der Waals surface area (Å²) in [7, 11) is 0. The number of fused-ring (bicyclic) bond motifs is 1. The number of aromatic nitrogens is 4. The lowest BCUT2D eigenvalue weighted by Gasteiger charge is -2.17. The van der Waals surface area contributed by atoms with Gasteiger partial charge in [-0.15, -0.1) is 0 Å². The van der Waals surface area contributed by atoms with Crippen LogP contribution in [0.4, 0.5) is 5.82 Å². The molecular weight excluding hydrogens is 274 g/mol. The van der Waals surface area contributed by atoms with Gasteiger partial charge in [0.05, 0.1) is 12.7 Å². The first-order chi connectivity index (χ1) is 9.11. The van der Waals surface area contributed by atoms with Crippen molar-refractivity contribution in [3.63, 3.8) is 0 Å². The van der Waals surface area contributed by atoms with E-state index in [9.17, 15) is 5.11 Å². The van der Waals surface area contributed by atoms with Crippen molar-refractivity contribution in [2.45, 2.75) is 24.9 Å². The first-order valence-corrected chi connectivity index (χ1v) is 6.08. The third kappa shape index (κ3) is 1.93. The molecule has 0 saturated carbocycles. The van der Waals surface area contributed by atoms with Crippen LogP contribution >= 0.6 is 11.6 Å². The SMILES string of the molecule is Nc1ncnc2c1nc(Cl)n2[C@@H]1O[C@H](CO)C[C@@H]1O. The molecule has 0 amide bonds. The number of imidazole rings is 1. The molecule has 0 aromatic carbocycles. The van der Waals surface area contributed by atoms with E-state index >= 15 is 0 Å². The summed E-state index contributed by atoms with van der Waals surface area (Å²) < 4.78 is 6.99. The highest BCUT2D eigenvalue weighted by Crippen LogP contribution is 2.34. The third-order valence-electron chi connectivity index (χ3n) is 3.09. The Kier molecular flexibility index (Phi) is 3.02. The molecule has 0 spiro atoms. The van der Waals surface area contributed by atoms with Gasteiger partial charge in [-0.1, -0.05) is 0 Å². The standard InChI is InChI=1S/C10H12ClN5O3/c11-10-15-6-7(12)13-3-14-8(6)16(10)9-5(18)1-4(2-17)19-9/h3-5,9,17-18H,1-2H2,(H2,12,13,14)/t4-,5-,9+/m0/s1. The molecule has 2 aromatic heterocycles. The number of hydrogen-bond donors (Lipinski definition) is 3. The molecule has 1 aliphatic heterocycles. The molecule has 3 rings (SSSR count). The van der Waals surface area contributed by atoms with E-state index in [1.807, 2.05) is 0 Å². The van der Waals surface area contributed by atoms with Gasteiger partial charge in [-0.2, -0.15) is 0 Å². The molecule has 0 aliphatic carbocycles. The average Bonchev–Trinajstić information content (AvgIpc) is 2.90. The Morgan fingerprint density at radius 1 is 1.53 bits per heavy atom. The summed E-state index contributed by atoms with van der Waals surface area (Å²) in [5.74, 6) is 0.205. The highest BCUT2D eigenvalue weighted by molar-refractivity contribution is 6.29. The fourth-order valence-electron chi connectivity index (χ4n) is 2.20. The molecule has 4 N–H and O–H groups in total. The second-order valence-corrected chi connectivity index (χ2v) is 4.65. The van der Waals surface area contributed by atoms with Crippen LogP contribution in [-0.2, 0) is 4.74 Å². The van der Waals surface area contributed by atoms with Crippen molar-refractivity contribution in [2.75, 3.05) is 12.3 Å². The maximum absolute atomic E-state index is 10.00. The molecule has 1 aliphatic rings. The van der Waals surface area contributed by atoms with E-state index in [0.29, 0.717) is 17.6 Å². The molecule has 102 valence electrons. The van der Waals surface area contributed by atoms with E-state index in [1.54, 1.807) is 0 Å². The smallest absolute Gasteiger partial charge is 0.207 e. The van der Waals surface area contributed by atoms with Gasteiger partial charge in [-0.25, -0.2) is 15.0 Å². The van der Waals surface area contributed by atoms with Crippen molar-refractivity contribution in [2.24, 2.45) is 0 Å². The van der Waals surface area contributed by atoms with Crippen molar-refractivity contribution < 1.29 is 14.9 Å². The number of hydrogen-bond acceptors (Lipinski definition) is 7. The van der Waals surface area contributed by atoms with Gasteiger partial charge in [-0.3, -0.25) is 4.57 Å². The first kappa shape index (κ1) is 12.5. The van der Waals surface area contributed by atoms with Crippen molar-refractivity contribution >= 4 is 28.6 Å². The fraction of sp³-hybridized carbons (Fsp3) is 0.500. The van der Waals surface area contributed by atoms with E-state index in [4.69, 9.17) is 27.2 Å². The molecule has 1 saturated heterocycles. The summed E-state index contributed by atoms with van der Waals surface area (Å²) in [5.41, 5.74) is 6.44. The number of nitrogens with zero attached hydrogens (tertiary/aromatic N) is 4. The van der Waals surface area contributed by atoms with Crippen LogP contribution in [0.2, 0.25) is 5.28 Å². The zero-order chi connectivity index (χ0) is 13.6. The van der Waals surface area contributed by atoms with Crippen LogP contribution in [0.1, 0.15) is 12.6 Å². The number of aliphatic hydroxyl groups is 2. The number of nitrogen functional groups attached to an aromatic ring is 1. The Morgan fingerprint density at radius 2 is 2.32 bits per heavy atom. The topological polar surface area (TPSA) is 119 Å². The summed E-state index contributed by atoms with van der Waals surface area (Å²) in [4.78, 5) is 12.0. The normalized spacial score (nSPS) is 27.2. The minimum absolute atomic E-state index is 0.102. The summed E-state index contributed by atoms with van der Waals surface area (Å²) in [6.07, 6.45) is -0.380. The predicted molar refractivity (Wildman–Crippen MR) is 66.4 cm³/mol. The summed E-state index contributed by atoms with van der Waals surface area (Å²) in [6, 6.07) is 0. The van der Waals surface area contributed by atoms with Gasteiger partial charge in [0.25, 0.3) is 0 Å². The average molecular weight is 286 g/mol. The van der Waals surface area contributed by atoms with Gasteiger partial charge >= 0.3 is 0 Å². The van der Waals surface area contributed by atoms with Crippen LogP contribution in [0, 0.1) is 0 Å². The number of anilines is 1. The second kappa shape index (κ2) is 4.57. The molecule has 3 heterocycles. The number of nitrogens with two attached hydrogens (primary N) is 1. The Hall–Kier alpha value is -1.48. The van der Waals surface area contributed by atoms with Crippen LogP contribution in [0.25, 0.3) is 11.2 Å². The molecule has 0 radical (unpaired) electrons. The largest absolute Gasteiger partial charge is 0.394 e. The van der Waals surface area contributed by atoms with Crippen LogP contribution < -0.4 is 5.73 Å². The zero-order valence-electron chi connectivity index (χ0n) is 9.77. The van der Waals surface area contributed by atoms with Gasteiger partial charge in [0.15, 0.2) is 23.2 Å². The quantitative estimate of drug-likeness (QED) is 0.648. The second-order valence-electron chi connectivity index (χ2n) is 4.32. The molecular formula is C10H12ClN5O3. The monoisotopic (exact) mass is 285 g/mol. The van der Waals surface area contributed by atoms with E-state index in [0.717, 1.165) is 0 Å². The van der Waals surface area contributed by atoms with Gasteiger partial charge in [0, 0.05) is 6.42 Å². The van der Waals surface area contributed by atoms with Crippen LogP contribution in [0.15, 0.2) is 6.33 Å². The molecule has 19 heavy (non-hydrogen) atoms. The molecule has 8 nitrogen and oxygen atoms in total. The lowest BCUT2D eigenvalue weighted by molar-refractivity contribution is -0.0485. The predicted octanol–water partition coefficient (Wildman–Crippen LogP) is -0.297. The van der Waals surface area contributed by atoms with Crippen molar-refractivity contribution in [3.8, 4) is 0 Å². The van der Waals surface area contributed by atoms with E-state index < -0.39 is 18.4 Å². The molecule has 2 aromatic rings.